The van der Waals surface area contributed by atoms with E-state index in [-0.39, 0.29) is 11.4 Å². The molecule has 21 heavy (non-hydrogen) atoms. The highest BCUT2D eigenvalue weighted by atomic mass is 35.5. The number of rotatable bonds is 3. The first-order chi connectivity index (χ1) is 10.1. The van der Waals surface area contributed by atoms with Crippen molar-refractivity contribution in [3.63, 3.8) is 0 Å². The second-order valence-electron chi connectivity index (χ2n) is 5.02. The van der Waals surface area contributed by atoms with Gasteiger partial charge in [-0.3, -0.25) is 4.79 Å². The monoisotopic (exact) mass is 313 g/mol. The summed E-state index contributed by atoms with van der Waals surface area (Å²) in [5.41, 5.74) is 0.379. The Morgan fingerprint density at radius 1 is 1.43 bits per heavy atom. The lowest BCUT2D eigenvalue weighted by Gasteiger charge is -2.25. The largest absolute Gasteiger partial charge is 0.354 e. The Balaban J connectivity index is 2.23. The molecule has 0 radical (unpaired) electrons. The lowest BCUT2D eigenvalue weighted by molar-refractivity contribution is -0.125. The quantitative estimate of drug-likeness (QED) is 0.885. The van der Waals surface area contributed by atoms with Gasteiger partial charge in [0.1, 0.15) is 17.4 Å². The Morgan fingerprint density at radius 3 is 2.95 bits per heavy atom. The van der Waals surface area contributed by atoms with Crippen LogP contribution in [0.3, 0.4) is 0 Å². The number of amides is 1. The first-order valence-electron chi connectivity index (χ1n) is 6.82. The van der Waals surface area contributed by atoms with Gasteiger partial charge in [-0.15, -0.1) is 11.6 Å². The number of nitrogens with zero attached hydrogens (tertiary/aromatic N) is 2. The maximum Gasteiger partial charge on any atom is 0.243 e. The van der Waals surface area contributed by atoms with Crippen LogP contribution in [-0.2, 0) is 11.2 Å². The van der Waals surface area contributed by atoms with Gasteiger partial charge in [-0.2, -0.15) is 0 Å². The van der Waals surface area contributed by atoms with E-state index in [1.54, 1.807) is 0 Å². The van der Waals surface area contributed by atoms with Gasteiger partial charge in [0, 0.05) is 18.8 Å². The standard InChI is InChI=1S/C14H14ClF2N3O/c15-6-5-11-19-9-4-3-8(16)12(17)13(9)20(11)10-2-1-7-18-14(10)21/h3-4,10H,1-2,5-7H2,(H,18,21). The molecule has 1 amide bonds. The van der Waals surface area contributed by atoms with Crippen molar-refractivity contribution in [2.75, 3.05) is 12.4 Å². The predicted octanol–water partition coefficient (Wildman–Crippen LogP) is 2.55. The molecule has 1 aromatic carbocycles. The fourth-order valence-corrected chi connectivity index (χ4v) is 2.94. The van der Waals surface area contributed by atoms with Crippen molar-refractivity contribution in [2.24, 2.45) is 0 Å². The number of nitrogens with one attached hydrogen (secondary N) is 1. The van der Waals surface area contributed by atoms with E-state index in [1.807, 2.05) is 0 Å². The van der Waals surface area contributed by atoms with Gasteiger partial charge < -0.3 is 9.88 Å². The predicted molar refractivity (Wildman–Crippen MR) is 75.4 cm³/mol. The molecule has 3 rings (SSSR count). The van der Waals surface area contributed by atoms with Gasteiger partial charge in [0.05, 0.1) is 5.52 Å². The fraction of sp³-hybridized carbons (Fsp3) is 0.429. The van der Waals surface area contributed by atoms with Gasteiger partial charge in [0.25, 0.3) is 0 Å². The molecule has 1 atom stereocenters. The Bertz CT molecular complexity index is 701. The fourth-order valence-electron chi connectivity index (χ4n) is 2.77. The number of hydrogen-bond acceptors (Lipinski definition) is 2. The summed E-state index contributed by atoms with van der Waals surface area (Å²) in [6.45, 7) is 0.601. The molecule has 7 heteroatoms. The minimum atomic E-state index is -0.973. The average Bonchev–Trinajstić information content (AvgIpc) is 2.83. The van der Waals surface area contributed by atoms with Crippen molar-refractivity contribution in [2.45, 2.75) is 25.3 Å². The molecular formula is C14H14ClF2N3O. The number of benzene rings is 1. The number of hydrogen-bond donors (Lipinski definition) is 1. The number of fused-ring (bicyclic) bond motifs is 1. The Hall–Kier alpha value is -1.69. The van der Waals surface area contributed by atoms with E-state index in [4.69, 9.17) is 11.6 Å². The Labute approximate surface area is 125 Å². The third kappa shape index (κ3) is 2.37. The summed E-state index contributed by atoms with van der Waals surface area (Å²) < 4.78 is 29.2. The van der Waals surface area contributed by atoms with Crippen molar-refractivity contribution in [1.82, 2.24) is 14.9 Å². The topological polar surface area (TPSA) is 46.9 Å². The molecule has 1 N–H and O–H groups in total. The highest BCUT2D eigenvalue weighted by Crippen LogP contribution is 2.29. The Kier molecular flexibility index (Phi) is 3.80. The minimum absolute atomic E-state index is 0.0390. The maximum atomic E-state index is 14.2. The second-order valence-corrected chi connectivity index (χ2v) is 5.39. The number of carbonyl (C=O) groups is 1. The maximum absolute atomic E-state index is 14.2. The van der Waals surface area contributed by atoms with Crippen LogP contribution in [0.25, 0.3) is 11.0 Å². The van der Waals surface area contributed by atoms with Gasteiger partial charge in [-0.25, -0.2) is 13.8 Å². The lowest BCUT2D eigenvalue weighted by Crippen LogP contribution is -2.38. The molecule has 1 aromatic heterocycles. The molecule has 1 fully saturated rings. The zero-order chi connectivity index (χ0) is 15.0. The van der Waals surface area contributed by atoms with Crippen molar-refractivity contribution in [1.29, 1.82) is 0 Å². The van der Waals surface area contributed by atoms with Crippen LogP contribution in [0.1, 0.15) is 24.7 Å². The van der Waals surface area contributed by atoms with E-state index in [1.165, 1.54) is 10.6 Å². The van der Waals surface area contributed by atoms with Crippen LogP contribution in [0, 0.1) is 11.6 Å². The van der Waals surface area contributed by atoms with E-state index in [0.29, 0.717) is 36.6 Å². The summed E-state index contributed by atoms with van der Waals surface area (Å²) in [7, 11) is 0. The molecule has 0 saturated carbocycles. The SMILES string of the molecule is O=C1NCCCC1n1c(CCCl)nc2ccc(F)c(F)c21. The number of halogens is 3. The molecule has 0 bridgehead atoms. The zero-order valence-electron chi connectivity index (χ0n) is 11.2. The summed E-state index contributed by atoms with van der Waals surface area (Å²) >= 11 is 5.76. The van der Waals surface area contributed by atoms with Crippen LogP contribution in [0.2, 0.25) is 0 Å². The Morgan fingerprint density at radius 2 is 2.24 bits per heavy atom. The van der Waals surface area contributed by atoms with Crippen molar-refractivity contribution in [3.8, 4) is 0 Å². The molecule has 4 nitrogen and oxygen atoms in total. The number of aromatic nitrogens is 2. The van der Waals surface area contributed by atoms with Crippen molar-refractivity contribution < 1.29 is 13.6 Å². The van der Waals surface area contributed by atoms with Crippen LogP contribution in [0.4, 0.5) is 8.78 Å². The third-order valence-electron chi connectivity index (χ3n) is 3.70. The molecule has 1 unspecified atom stereocenters. The van der Waals surface area contributed by atoms with Gasteiger partial charge in [0.15, 0.2) is 11.6 Å². The molecule has 2 heterocycles. The summed E-state index contributed by atoms with van der Waals surface area (Å²) in [5.74, 6) is -1.31. The molecule has 1 saturated heterocycles. The normalized spacial score (nSPS) is 19.0. The summed E-state index contributed by atoms with van der Waals surface area (Å²) in [6.07, 6.45) is 1.75. The number of alkyl halides is 1. The van der Waals surface area contributed by atoms with Gasteiger partial charge in [-0.1, -0.05) is 0 Å². The molecule has 0 aliphatic carbocycles. The van der Waals surface area contributed by atoms with Gasteiger partial charge >= 0.3 is 0 Å². The molecular weight excluding hydrogens is 300 g/mol. The van der Waals surface area contributed by atoms with E-state index in [0.717, 1.165) is 12.5 Å². The van der Waals surface area contributed by atoms with E-state index < -0.39 is 17.7 Å². The summed E-state index contributed by atoms with van der Waals surface area (Å²) in [5, 5.41) is 2.75. The first-order valence-corrected chi connectivity index (χ1v) is 7.35. The first kappa shape index (κ1) is 14.3. The smallest absolute Gasteiger partial charge is 0.243 e. The van der Waals surface area contributed by atoms with Crippen LogP contribution in [0.5, 0.6) is 0 Å². The van der Waals surface area contributed by atoms with E-state index in [2.05, 4.69) is 10.3 Å². The third-order valence-corrected chi connectivity index (χ3v) is 3.89. The molecule has 1 aliphatic heterocycles. The number of piperidine rings is 1. The molecule has 112 valence electrons. The van der Waals surface area contributed by atoms with Gasteiger partial charge in [0.2, 0.25) is 5.91 Å². The number of carbonyl (C=O) groups excluding carboxylic acids is 1. The van der Waals surface area contributed by atoms with Crippen LogP contribution in [0.15, 0.2) is 12.1 Å². The number of aryl methyl sites for hydroxylation is 1. The molecule has 1 aliphatic rings. The van der Waals surface area contributed by atoms with Crippen molar-refractivity contribution >= 4 is 28.5 Å². The van der Waals surface area contributed by atoms with E-state index in [9.17, 15) is 13.6 Å². The molecule has 0 spiro atoms. The summed E-state index contributed by atoms with van der Waals surface area (Å²) in [6, 6.07) is 1.89. The highest BCUT2D eigenvalue weighted by molar-refractivity contribution is 6.17. The van der Waals surface area contributed by atoms with Crippen molar-refractivity contribution in [3.05, 3.63) is 29.6 Å². The molecule has 2 aromatic rings. The second kappa shape index (κ2) is 5.60. The van der Waals surface area contributed by atoms with E-state index >= 15 is 0 Å². The number of imidazole rings is 1. The van der Waals surface area contributed by atoms with Gasteiger partial charge in [-0.05, 0) is 25.0 Å². The minimum Gasteiger partial charge on any atom is -0.354 e. The zero-order valence-corrected chi connectivity index (χ0v) is 12.0. The highest BCUT2D eigenvalue weighted by Gasteiger charge is 2.29. The average molecular weight is 314 g/mol. The lowest BCUT2D eigenvalue weighted by atomic mass is 10.1. The summed E-state index contributed by atoms with van der Waals surface area (Å²) in [4.78, 5) is 16.4. The van der Waals surface area contributed by atoms with Crippen LogP contribution in [-0.4, -0.2) is 27.9 Å². The van der Waals surface area contributed by atoms with Crippen LogP contribution >= 0.6 is 11.6 Å². The van der Waals surface area contributed by atoms with Crippen LogP contribution < -0.4 is 5.32 Å².